The fourth-order valence-electron chi connectivity index (χ4n) is 7.47. The van der Waals surface area contributed by atoms with Crippen LogP contribution in [-0.2, 0) is 9.59 Å². The molecule has 0 aliphatic rings. The van der Waals surface area contributed by atoms with Gasteiger partial charge in [0, 0.05) is 12.8 Å². The number of hydrogen-bond acceptors (Lipinski definition) is 2. The van der Waals surface area contributed by atoms with Crippen LogP contribution in [0.15, 0.2) is 0 Å². The lowest BCUT2D eigenvalue weighted by atomic mass is 10.1. The topological polar surface area (TPSA) is 74.6 Å². The molecule has 0 amide bonds. The van der Waals surface area contributed by atoms with E-state index in [1.54, 1.807) is 0 Å². The van der Waals surface area contributed by atoms with Crippen molar-refractivity contribution in [3.8, 4) is 0 Å². The van der Waals surface area contributed by atoms with Crippen LogP contribution in [0, 0.1) is 0 Å². The predicted octanol–water partition coefficient (Wildman–Crippen LogP) is 15.4. The summed E-state index contributed by atoms with van der Waals surface area (Å²) >= 11 is 0. The van der Waals surface area contributed by atoms with Gasteiger partial charge in [-0.2, -0.15) is 0 Å². The Kier molecular flexibility index (Phi) is 49.2. The molecule has 2 N–H and O–H groups in total. The van der Waals surface area contributed by atoms with Gasteiger partial charge in [-0.15, -0.1) is 0 Å². The fourth-order valence-corrected chi connectivity index (χ4v) is 7.47. The van der Waals surface area contributed by atoms with E-state index in [1.807, 2.05) is 0 Å². The van der Waals surface area contributed by atoms with Gasteiger partial charge in [0.1, 0.15) is 0 Å². The van der Waals surface area contributed by atoms with Crippen LogP contribution >= 0.6 is 0 Å². The van der Waals surface area contributed by atoms with Gasteiger partial charge >= 0.3 is 11.9 Å². The monoisotopic (exact) mass is 799 g/mol. The predicted molar refractivity (Wildman–Crippen MR) is 248 cm³/mol. The van der Waals surface area contributed by atoms with Crippen molar-refractivity contribution in [2.24, 2.45) is 0 Å². The SMILES string of the molecule is CCCCCCCCCC[N+](C)(C)CCCCCCCCCC.CCCCCCCCCC[N+](C)(C)CCCCCCCCCC.O=C(O)CCCCC(=O)O. The minimum atomic E-state index is -0.870. The van der Waals surface area contributed by atoms with E-state index in [1.165, 1.54) is 241 Å². The van der Waals surface area contributed by atoms with Crippen LogP contribution in [0.25, 0.3) is 0 Å². The summed E-state index contributed by atoms with van der Waals surface area (Å²) in [4.78, 5) is 19.8. The van der Waals surface area contributed by atoms with Crippen LogP contribution < -0.4 is 0 Å². The lowest BCUT2D eigenvalue weighted by Crippen LogP contribution is -2.41. The summed E-state index contributed by atoms with van der Waals surface area (Å²) in [5.41, 5.74) is 0. The normalized spacial score (nSPS) is 11.5. The molecular formula is C50H106N2O4+2. The zero-order valence-electron chi connectivity index (χ0n) is 39.9. The molecule has 0 saturated carbocycles. The van der Waals surface area contributed by atoms with Gasteiger partial charge in [-0.05, 0) is 64.2 Å². The molecule has 0 atom stereocenters. The number of quaternary nitrogens is 2. The molecule has 0 aromatic carbocycles. The van der Waals surface area contributed by atoms with Gasteiger partial charge in [-0.3, -0.25) is 9.59 Å². The van der Waals surface area contributed by atoms with E-state index in [2.05, 4.69) is 55.9 Å². The maximum Gasteiger partial charge on any atom is 0.303 e. The number of unbranched alkanes of at least 4 members (excludes halogenated alkanes) is 29. The maximum absolute atomic E-state index is 9.90. The number of hydrogen-bond donors (Lipinski definition) is 2. The van der Waals surface area contributed by atoms with Crippen LogP contribution in [0.4, 0.5) is 0 Å². The lowest BCUT2D eigenvalue weighted by Gasteiger charge is -2.30. The summed E-state index contributed by atoms with van der Waals surface area (Å²) in [6.45, 7) is 14.7. The lowest BCUT2D eigenvalue weighted by molar-refractivity contribution is -0.890. The first kappa shape index (κ1) is 59.2. The molecule has 0 bridgehead atoms. The Morgan fingerprint density at radius 3 is 0.607 bits per heavy atom. The second kappa shape index (κ2) is 46.5. The Hall–Kier alpha value is -1.14. The summed E-state index contributed by atoms with van der Waals surface area (Å²) in [6.07, 6.45) is 47.1. The van der Waals surface area contributed by atoms with Gasteiger partial charge in [0.05, 0.1) is 54.4 Å². The molecule has 56 heavy (non-hydrogen) atoms. The Morgan fingerprint density at radius 2 is 0.446 bits per heavy atom. The average molecular weight is 799 g/mol. The second-order valence-electron chi connectivity index (χ2n) is 18.7. The standard InChI is InChI=1S/2C22H48N.C6H10O4/c2*1-5-7-9-11-13-15-17-19-21-23(3,4)22-20-18-16-14-12-10-8-6-2;7-5(8)3-1-2-4-6(9)10/h2*5-22H2,1-4H3;1-4H2,(H,7,8)(H,9,10)/q2*+1;. The molecule has 0 aliphatic carbocycles. The van der Waals surface area contributed by atoms with E-state index >= 15 is 0 Å². The van der Waals surface area contributed by atoms with Gasteiger partial charge in [-0.1, -0.05) is 182 Å². The first-order chi connectivity index (χ1) is 26.9. The minimum absolute atomic E-state index is 0.0628. The molecule has 6 nitrogen and oxygen atoms in total. The van der Waals surface area contributed by atoms with Crippen LogP contribution in [0.2, 0.25) is 0 Å². The van der Waals surface area contributed by atoms with Crippen LogP contribution in [-0.4, -0.2) is 85.5 Å². The zero-order valence-corrected chi connectivity index (χ0v) is 39.9. The quantitative estimate of drug-likeness (QED) is 0.0477. The Morgan fingerprint density at radius 1 is 0.286 bits per heavy atom. The van der Waals surface area contributed by atoms with Gasteiger partial charge in [0.25, 0.3) is 0 Å². The smallest absolute Gasteiger partial charge is 0.303 e. The largest absolute Gasteiger partial charge is 0.481 e. The third kappa shape index (κ3) is 57.2. The Balaban J connectivity index is -0.000000810. The average Bonchev–Trinajstić information content (AvgIpc) is 3.15. The number of carbonyl (C=O) groups is 2. The summed E-state index contributed by atoms with van der Waals surface area (Å²) in [7, 11) is 9.73. The number of rotatable bonds is 41. The molecule has 0 fully saturated rings. The molecule has 0 heterocycles. The highest BCUT2D eigenvalue weighted by Gasteiger charge is 2.14. The zero-order chi connectivity index (χ0) is 42.4. The van der Waals surface area contributed by atoms with Crippen LogP contribution in [0.3, 0.4) is 0 Å². The van der Waals surface area contributed by atoms with E-state index < -0.39 is 11.9 Å². The van der Waals surface area contributed by atoms with Gasteiger partial charge in [0.15, 0.2) is 0 Å². The third-order valence-electron chi connectivity index (χ3n) is 11.5. The highest BCUT2D eigenvalue weighted by atomic mass is 16.4. The van der Waals surface area contributed by atoms with Crippen molar-refractivity contribution in [3.63, 3.8) is 0 Å². The summed E-state index contributed by atoms with van der Waals surface area (Å²) in [6, 6.07) is 0. The Bertz CT molecular complexity index is 677. The van der Waals surface area contributed by atoms with Crippen molar-refractivity contribution in [3.05, 3.63) is 0 Å². The molecule has 0 aliphatic heterocycles. The van der Waals surface area contributed by atoms with E-state index in [4.69, 9.17) is 10.2 Å². The molecular weight excluding hydrogens is 693 g/mol. The Labute approximate surface area is 352 Å². The molecule has 0 aromatic rings. The highest BCUT2D eigenvalue weighted by molar-refractivity contribution is 5.67. The molecule has 6 heteroatoms. The highest BCUT2D eigenvalue weighted by Crippen LogP contribution is 2.15. The van der Waals surface area contributed by atoms with Gasteiger partial charge < -0.3 is 19.2 Å². The summed E-state index contributed by atoms with van der Waals surface area (Å²) in [5.74, 6) is -1.74. The van der Waals surface area contributed by atoms with E-state index in [0.29, 0.717) is 12.8 Å². The first-order valence-corrected chi connectivity index (χ1v) is 24.9. The van der Waals surface area contributed by atoms with E-state index in [0.717, 1.165) is 0 Å². The molecule has 0 aromatic heterocycles. The molecule has 0 spiro atoms. The van der Waals surface area contributed by atoms with Crippen molar-refractivity contribution in [2.75, 3.05) is 54.4 Å². The number of carboxylic acid groups (broad SMARTS) is 2. The molecule has 338 valence electrons. The fraction of sp³-hybridized carbons (Fsp3) is 0.960. The maximum atomic E-state index is 9.90. The first-order valence-electron chi connectivity index (χ1n) is 24.9. The van der Waals surface area contributed by atoms with Crippen molar-refractivity contribution < 1.29 is 28.8 Å². The van der Waals surface area contributed by atoms with Gasteiger partial charge in [0.2, 0.25) is 0 Å². The van der Waals surface area contributed by atoms with Crippen molar-refractivity contribution in [1.29, 1.82) is 0 Å². The number of aliphatic carboxylic acids is 2. The summed E-state index contributed by atoms with van der Waals surface area (Å²) in [5, 5.41) is 16.3. The van der Waals surface area contributed by atoms with Gasteiger partial charge in [-0.25, -0.2) is 0 Å². The van der Waals surface area contributed by atoms with Crippen LogP contribution in [0.1, 0.15) is 259 Å². The second-order valence-corrected chi connectivity index (χ2v) is 18.7. The summed E-state index contributed by atoms with van der Waals surface area (Å²) < 4.78 is 2.48. The third-order valence-corrected chi connectivity index (χ3v) is 11.5. The molecule has 0 unspecified atom stereocenters. The van der Waals surface area contributed by atoms with Crippen molar-refractivity contribution >= 4 is 11.9 Å². The molecule has 0 saturated heterocycles. The van der Waals surface area contributed by atoms with Crippen molar-refractivity contribution in [1.82, 2.24) is 0 Å². The molecule has 0 rings (SSSR count). The molecule has 0 radical (unpaired) electrons. The minimum Gasteiger partial charge on any atom is -0.481 e. The van der Waals surface area contributed by atoms with E-state index in [-0.39, 0.29) is 12.8 Å². The van der Waals surface area contributed by atoms with Crippen molar-refractivity contribution in [2.45, 2.75) is 259 Å². The number of carboxylic acids is 2. The van der Waals surface area contributed by atoms with Crippen LogP contribution in [0.5, 0.6) is 0 Å². The number of nitrogens with zero attached hydrogens (tertiary/aromatic N) is 2. The van der Waals surface area contributed by atoms with E-state index in [9.17, 15) is 9.59 Å².